The highest BCUT2D eigenvalue weighted by atomic mass is 16.5. The number of anilines is 1. The molecule has 0 saturated heterocycles. The number of hydrogen-bond donors (Lipinski definition) is 2. The van der Waals surface area contributed by atoms with E-state index in [0.717, 1.165) is 16.9 Å². The number of fused-ring (bicyclic) bond motifs is 1. The number of carbonyl (C=O) groups excluding carboxylic acids is 2. The highest BCUT2D eigenvalue weighted by Crippen LogP contribution is 2.32. The summed E-state index contributed by atoms with van der Waals surface area (Å²) in [5, 5.41) is 5.71. The summed E-state index contributed by atoms with van der Waals surface area (Å²) in [6.07, 6.45) is 0.172. The van der Waals surface area contributed by atoms with Crippen LogP contribution in [0.15, 0.2) is 48.5 Å². The third kappa shape index (κ3) is 3.34. The molecule has 0 fully saturated rings. The average molecular weight is 310 g/mol. The lowest BCUT2D eigenvalue weighted by atomic mass is 9.90. The van der Waals surface area contributed by atoms with Crippen molar-refractivity contribution in [3.05, 3.63) is 59.7 Å². The van der Waals surface area contributed by atoms with Crippen LogP contribution in [0, 0.1) is 0 Å². The second kappa shape index (κ2) is 6.52. The van der Waals surface area contributed by atoms with E-state index in [4.69, 9.17) is 4.74 Å². The van der Waals surface area contributed by atoms with Crippen LogP contribution in [0.2, 0.25) is 0 Å². The van der Waals surface area contributed by atoms with Gasteiger partial charge in [0.25, 0.3) is 0 Å². The van der Waals surface area contributed by atoms with Gasteiger partial charge in [-0.15, -0.1) is 0 Å². The van der Waals surface area contributed by atoms with E-state index in [1.165, 1.54) is 0 Å². The predicted molar refractivity (Wildman–Crippen MR) is 87.3 cm³/mol. The van der Waals surface area contributed by atoms with Gasteiger partial charge in [0.05, 0.1) is 13.0 Å². The van der Waals surface area contributed by atoms with E-state index in [1.807, 2.05) is 48.5 Å². The number of rotatable bonds is 4. The van der Waals surface area contributed by atoms with E-state index >= 15 is 0 Å². The zero-order chi connectivity index (χ0) is 16.2. The molecular weight excluding hydrogens is 292 g/mol. The van der Waals surface area contributed by atoms with Crippen LogP contribution in [-0.2, 0) is 16.1 Å². The van der Waals surface area contributed by atoms with Crippen molar-refractivity contribution in [1.29, 1.82) is 0 Å². The van der Waals surface area contributed by atoms with Gasteiger partial charge in [0, 0.05) is 18.7 Å². The lowest BCUT2D eigenvalue weighted by Gasteiger charge is -2.24. The van der Waals surface area contributed by atoms with E-state index in [2.05, 4.69) is 10.6 Å². The second-order valence-corrected chi connectivity index (χ2v) is 5.46. The van der Waals surface area contributed by atoms with E-state index < -0.39 is 5.92 Å². The Morgan fingerprint density at radius 3 is 2.70 bits per heavy atom. The van der Waals surface area contributed by atoms with Crippen LogP contribution in [0.4, 0.5) is 5.69 Å². The minimum atomic E-state index is -0.446. The summed E-state index contributed by atoms with van der Waals surface area (Å²) in [4.78, 5) is 24.3. The van der Waals surface area contributed by atoms with Gasteiger partial charge < -0.3 is 15.4 Å². The monoisotopic (exact) mass is 310 g/mol. The van der Waals surface area contributed by atoms with Crippen LogP contribution >= 0.6 is 0 Å². The number of methoxy groups -OCH3 is 1. The third-order valence-corrected chi connectivity index (χ3v) is 3.94. The standard InChI is InChI=1S/C18H18N2O3/c1-23-13-8-6-12(7-9-13)11-19-18(22)15-10-17(21)20-16-5-3-2-4-14(15)16/h2-9,15H,10-11H2,1H3,(H,19,22)(H,20,21). The molecule has 1 heterocycles. The quantitative estimate of drug-likeness (QED) is 0.911. The molecule has 0 aliphatic carbocycles. The Balaban J connectivity index is 1.69. The summed E-state index contributed by atoms with van der Waals surface area (Å²) in [5.41, 5.74) is 2.56. The minimum Gasteiger partial charge on any atom is -0.497 e. The molecule has 2 amide bonds. The van der Waals surface area contributed by atoms with Crippen LogP contribution in [0.25, 0.3) is 0 Å². The first kappa shape index (κ1) is 15.1. The smallest absolute Gasteiger partial charge is 0.228 e. The fourth-order valence-corrected chi connectivity index (χ4v) is 2.70. The average Bonchev–Trinajstić information content (AvgIpc) is 2.59. The van der Waals surface area contributed by atoms with E-state index in [0.29, 0.717) is 12.2 Å². The van der Waals surface area contributed by atoms with E-state index in [1.54, 1.807) is 7.11 Å². The topological polar surface area (TPSA) is 67.4 Å². The Labute approximate surface area is 134 Å². The van der Waals surface area contributed by atoms with Crippen LogP contribution in [0.1, 0.15) is 23.5 Å². The zero-order valence-electron chi connectivity index (χ0n) is 12.8. The molecule has 0 aromatic heterocycles. The number of hydrogen-bond acceptors (Lipinski definition) is 3. The van der Waals surface area contributed by atoms with Crippen molar-refractivity contribution in [3.8, 4) is 5.75 Å². The number of amides is 2. The normalized spacial score (nSPS) is 16.2. The highest BCUT2D eigenvalue weighted by molar-refractivity contribution is 6.01. The van der Waals surface area contributed by atoms with Crippen molar-refractivity contribution in [2.75, 3.05) is 12.4 Å². The zero-order valence-corrected chi connectivity index (χ0v) is 12.8. The maximum atomic E-state index is 12.5. The van der Waals surface area contributed by atoms with Crippen molar-refractivity contribution in [2.45, 2.75) is 18.9 Å². The summed E-state index contributed by atoms with van der Waals surface area (Å²) in [5.74, 6) is 0.0626. The number of para-hydroxylation sites is 1. The summed E-state index contributed by atoms with van der Waals surface area (Å²) >= 11 is 0. The Morgan fingerprint density at radius 2 is 1.96 bits per heavy atom. The largest absolute Gasteiger partial charge is 0.497 e. The second-order valence-electron chi connectivity index (χ2n) is 5.46. The van der Waals surface area contributed by atoms with Gasteiger partial charge in [0.1, 0.15) is 5.75 Å². The molecule has 0 spiro atoms. The fourth-order valence-electron chi connectivity index (χ4n) is 2.70. The first-order valence-corrected chi connectivity index (χ1v) is 7.47. The van der Waals surface area contributed by atoms with Gasteiger partial charge in [-0.1, -0.05) is 30.3 Å². The molecule has 118 valence electrons. The molecule has 2 N–H and O–H groups in total. The Hall–Kier alpha value is -2.82. The maximum Gasteiger partial charge on any atom is 0.228 e. The van der Waals surface area contributed by atoms with Crippen molar-refractivity contribution in [1.82, 2.24) is 5.32 Å². The van der Waals surface area contributed by atoms with E-state index in [-0.39, 0.29) is 18.2 Å². The van der Waals surface area contributed by atoms with Crippen LogP contribution in [0.5, 0.6) is 5.75 Å². The number of ether oxygens (including phenoxy) is 1. The SMILES string of the molecule is COc1ccc(CNC(=O)C2CC(=O)Nc3ccccc32)cc1. The summed E-state index contributed by atoms with van der Waals surface area (Å²) in [7, 11) is 1.61. The molecule has 1 unspecified atom stereocenters. The van der Waals surface area contributed by atoms with Crippen molar-refractivity contribution >= 4 is 17.5 Å². The van der Waals surface area contributed by atoms with Crippen LogP contribution in [0.3, 0.4) is 0 Å². The molecule has 2 aromatic rings. The van der Waals surface area contributed by atoms with Crippen LogP contribution < -0.4 is 15.4 Å². The Kier molecular flexibility index (Phi) is 4.28. The van der Waals surface area contributed by atoms with Gasteiger partial charge in [-0.25, -0.2) is 0 Å². The molecule has 0 radical (unpaired) electrons. The van der Waals surface area contributed by atoms with E-state index in [9.17, 15) is 9.59 Å². The van der Waals surface area contributed by atoms with Gasteiger partial charge >= 0.3 is 0 Å². The van der Waals surface area contributed by atoms with Crippen molar-refractivity contribution in [3.63, 3.8) is 0 Å². The Morgan fingerprint density at radius 1 is 1.22 bits per heavy atom. The maximum absolute atomic E-state index is 12.5. The minimum absolute atomic E-state index is 0.131. The van der Waals surface area contributed by atoms with Crippen molar-refractivity contribution in [2.24, 2.45) is 0 Å². The van der Waals surface area contributed by atoms with Crippen molar-refractivity contribution < 1.29 is 14.3 Å². The van der Waals surface area contributed by atoms with Crippen LogP contribution in [-0.4, -0.2) is 18.9 Å². The first-order valence-electron chi connectivity index (χ1n) is 7.47. The number of nitrogens with one attached hydrogen (secondary N) is 2. The molecular formula is C18H18N2O3. The Bertz CT molecular complexity index is 725. The summed E-state index contributed by atoms with van der Waals surface area (Å²) in [6.45, 7) is 0.420. The molecule has 5 nitrogen and oxygen atoms in total. The van der Waals surface area contributed by atoms with Gasteiger partial charge in [-0.05, 0) is 29.3 Å². The lowest BCUT2D eigenvalue weighted by Crippen LogP contribution is -2.34. The third-order valence-electron chi connectivity index (χ3n) is 3.94. The fraction of sp³-hybridized carbons (Fsp3) is 0.222. The highest BCUT2D eigenvalue weighted by Gasteiger charge is 2.30. The summed E-state index contributed by atoms with van der Waals surface area (Å²) < 4.78 is 5.11. The molecule has 0 saturated carbocycles. The van der Waals surface area contributed by atoms with Gasteiger partial charge in [0.15, 0.2) is 0 Å². The number of benzene rings is 2. The predicted octanol–water partition coefficient (Wildman–Crippen LogP) is 2.44. The summed E-state index contributed by atoms with van der Waals surface area (Å²) in [6, 6.07) is 14.9. The molecule has 1 aliphatic heterocycles. The van der Waals surface area contributed by atoms with Gasteiger partial charge in [-0.2, -0.15) is 0 Å². The molecule has 2 aromatic carbocycles. The molecule has 0 bridgehead atoms. The molecule has 3 rings (SSSR count). The molecule has 5 heteroatoms. The first-order chi connectivity index (χ1) is 11.2. The lowest BCUT2D eigenvalue weighted by molar-refractivity contribution is -0.126. The number of carbonyl (C=O) groups is 2. The van der Waals surface area contributed by atoms with Gasteiger partial charge in [0.2, 0.25) is 11.8 Å². The molecule has 23 heavy (non-hydrogen) atoms. The molecule has 1 atom stereocenters. The van der Waals surface area contributed by atoms with Gasteiger partial charge in [-0.3, -0.25) is 9.59 Å². The molecule has 1 aliphatic rings.